The molecule has 4 N–H and O–H groups in total. The van der Waals surface area contributed by atoms with Gasteiger partial charge in [0.2, 0.25) is 0 Å². The highest BCUT2D eigenvalue weighted by Crippen LogP contribution is 2.34. The van der Waals surface area contributed by atoms with Crippen LogP contribution in [0, 0.1) is 0 Å². The van der Waals surface area contributed by atoms with E-state index in [2.05, 4.69) is 9.72 Å². The van der Waals surface area contributed by atoms with Crippen molar-refractivity contribution in [1.82, 2.24) is 4.98 Å². The maximum absolute atomic E-state index is 12.0. The Hall–Kier alpha value is -1.70. The Morgan fingerprint density at radius 1 is 1.44 bits per heavy atom. The largest absolute Gasteiger partial charge is 0.574 e. The number of anilines is 1. The summed E-state index contributed by atoms with van der Waals surface area (Å²) in [6.07, 6.45) is -4.86. The summed E-state index contributed by atoms with van der Waals surface area (Å²) in [6.45, 7) is -0.0376. The molecule has 1 aromatic rings. The summed E-state index contributed by atoms with van der Waals surface area (Å²) < 4.78 is 44.5. The lowest BCUT2D eigenvalue weighted by Crippen LogP contribution is -2.19. The van der Waals surface area contributed by atoms with E-state index in [1.165, 1.54) is 13.2 Å². The second-order valence-corrected chi connectivity index (χ2v) is 2.80. The molecule has 0 spiro atoms. The molecule has 0 aliphatic heterocycles. The highest BCUT2D eigenvalue weighted by Gasteiger charge is 2.34. The number of methoxy groups -OCH3 is 1. The van der Waals surface area contributed by atoms with E-state index in [-0.39, 0.29) is 23.7 Å². The Bertz CT molecular complexity index is 382. The Morgan fingerprint density at radius 2 is 2.06 bits per heavy atom. The Kier molecular flexibility index (Phi) is 3.43. The summed E-state index contributed by atoms with van der Waals surface area (Å²) >= 11 is 0. The number of alkyl halides is 3. The number of hydrogen-bond acceptors (Lipinski definition) is 5. The minimum atomic E-state index is -4.86. The molecule has 8 heteroatoms. The molecule has 0 amide bonds. The predicted octanol–water partition coefficient (Wildman–Crippen LogP) is 1.03. The van der Waals surface area contributed by atoms with Crippen molar-refractivity contribution in [2.24, 2.45) is 5.73 Å². The van der Waals surface area contributed by atoms with Crippen LogP contribution in [0.4, 0.5) is 19.0 Å². The summed E-state index contributed by atoms with van der Waals surface area (Å²) in [5.74, 6) is -1.04. The monoisotopic (exact) mass is 237 g/mol. The van der Waals surface area contributed by atoms with Crippen molar-refractivity contribution in [3.63, 3.8) is 0 Å². The summed E-state index contributed by atoms with van der Waals surface area (Å²) in [7, 11) is 1.19. The van der Waals surface area contributed by atoms with Crippen LogP contribution in [0.15, 0.2) is 6.07 Å². The molecule has 1 heterocycles. The summed E-state index contributed by atoms with van der Waals surface area (Å²) in [5.41, 5.74) is 10.9. The zero-order valence-electron chi connectivity index (χ0n) is 8.34. The van der Waals surface area contributed by atoms with Gasteiger partial charge in [-0.05, 0) is 6.07 Å². The normalized spacial score (nSPS) is 11.3. The van der Waals surface area contributed by atoms with Crippen LogP contribution < -0.4 is 20.9 Å². The molecular formula is C8H10F3N3O2. The van der Waals surface area contributed by atoms with Crippen LogP contribution in [-0.2, 0) is 6.54 Å². The van der Waals surface area contributed by atoms with Gasteiger partial charge in [0.1, 0.15) is 5.82 Å². The summed E-state index contributed by atoms with van der Waals surface area (Å²) in [5, 5.41) is 0. The van der Waals surface area contributed by atoms with E-state index in [0.717, 1.165) is 0 Å². The van der Waals surface area contributed by atoms with Gasteiger partial charge in [-0.2, -0.15) is 4.98 Å². The van der Waals surface area contributed by atoms with E-state index in [4.69, 9.17) is 16.2 Å². The SMILES string of the molecule is COc1c(CN)cc(N)nc1OC(F)(F)F. The van der Waals surface area contributed by atoms with Gasteiger partial charge in [0.05, 0.1) is 7.11 Å². The molecule has 0 radical (unpaired) electrons. The molecular weight excluding hydrogens is 227 g/mol. The predicted molar refractivity (Wildman–Crippen MR) is 49.8 cm³/mol. The zero-order valence-corrected chi connectivity index (χ0v) is 8.34. The number of nitrogens with two attached hydrogens (primary N) is 2. The molecule has 1 rings (SSSR count). The fourth-order valence-electron chi connectivity index (χ4n) is 1.13. The van der Waals surface area contributed by atoms with Crippen LogP contribution >= 0.6 is 0 Å². The molecule has 5 nitrogen and oxygen atoms in total. The quantitative estimate of drug-likeness (QED) is 0.820. The number of pyridine rings is 1. The second kappa shape index (κ2) is 4.44. The highest BCUT2D eigenvalue weighted by molar-refractivity contribution is 5.49. The minimum Gasteiger partial charge on any atom is -0.491 e. The van der Waals surface area contributed by atoms with Gasteiger partial charge in [-0.3, -0.25) is 0 Å². The first-order valence-electron chi connectivity index (χ1n) is 4.16. The van der Waals surface area contributed by atoms with E-state index >= 15 is 0 Å². The number of hydrogen-bond donors (Lipinski definition) is 2. The Morgan fingerprint density at radius 3 is 2.50 bits per heavy atom. The molecule has 0 atom stereocenters. The maximum Gasteiger partial charge on any atom is 0.574 e. The molecule has 0 fully saturated rings. The average molecular weight is 237 g/mol. The van der Waals surface area contributed by atoms with Crippen LogP contribution in [0.25, 0.3) is 0 Å². The molecule has 0 aliphatic carbocycles. The first-order chi connectivity index (χ1) is 7.37. The van der Waals surface area contributed by atoms with Crippen molar-refractivity contribution in [2.45, 2.75) is 12.9 Å². The van der Waals surface area contributed by atoms with Gasteiger partial charge in [0, 0.05) is 12.1 Å². The lowest BCUT2D eigenvalue weighted by Gasteiger charge is -2.14. The van der Waals surface area contributed by atoms with E-state index in [1.54, 1.807) is 0 Å². The van der Waals surface area contributed by atoms with Crippen molar-refractivity contribution in [1.29, 1.82) is 0 Å². The van der Waals surface area contributed by atoms with Gasteiger partial charge in [0.15, 0.2) is 5.75 Å². The number of halogens is 3. The topological polar surface area (TPSA) is 83.4 Å². The highest BCUT2D eigenvalue weighted by atomic mass is 19.4. The van der Waals surface area contributed by atoms with Gasteiger partial charge in [-0.25, -0.2) is 0 Å². The van der Waals surface area contributed by atoms with Crippen molar-refractivity contribution in [3.05, 3.63) is 11.6 Å². The molecule has 1 aromatic heterocycles. The molecule has 16 heavy (non-hydrogen) atoms. The molecule has 0 aliphatic rings. The summed E-state index contributed by atoms with van der Waals surface area (Å²) in [4.78, 5) is 3.39. The van der Waals surface area contributed by atoms with Gasteiger partial charge < -0.3 is 20.9 Å². The first-order valence-corrected chi connectivity index (χ1v) is 4.16. The zero-order chi connectivity index (χ0) is 12.3. The number of aromatic nitrogens is 1. The van der Waals surface area contributed by atoms with Crippen LogP contribution in [0.1, 0.15) is 5.56 Å². The molecule has 90 valence electrons. The number of nitrogen functional groups attached to an aromatic ring is 1. The standard InChI is InChI=1S/C8H10F3N3O2/c1-15-6-4(3-12)2-5(13)14-7(6)16-8(9,10)11/h2H,3,12H2,1H3,(H2,13,14). The average Bonchev–Trinajstić information content (AvgIpc) is 2.14. The van der Waals surface area contributed by atoms with Gasteiger partial charge >= 0.3 is 6.36 Å². The van der Waals surface area contributed by atoms with E-state index in [9.17, 15) is 13.2 Å². The number of rotatable bonds is 3. The van der Waals surface area contributed by atoms with Crippen LogP contribution in [0.5, 0.6) is 11.6 Å². The third-order valence-electron chi connectivity index (χ3n) is 1.68. The lowest BCUT2D eigenvalue weighted by molar-refractivity contribution is -0.276. The van der Waals surface area contributed by atoms with Gasteiger partial charge in [-0.15, -0.1) is 13.2 Å². The Labute approximate surface area is 89.1 Å². The van der Waals surface area contributed by atoms with E-state index < -0.39 is 12.2 Å². The van der Waals surface area contributed by atoms with Crippen molar-refractivity contribution in [3.8, 4) is 11.6 Å². The van der Waals surface area contributed by atoms with E-state index in [1.807, 2.05) is 0 Å². The van der Waals surface area contributed by atoms with Crippen molar-refractivity contribution in [2.75, 3.05) is 12.8 Å². The smallest absolute Gasteiger partial charge is 0.491 e. The maximum atomic E-state index is 12.0. The van der Waals surface area contributed by atoms with Gasteiger partial charge in [-0.1, -0.05) is 0 Å². The molecule has 0 saturated carbocycles. The fraction of sp³-hybridized carbons (Fsp3) is 0.375. The van der Waals surface area contributed by atoms with Crippen LogP contribution in [-0.4, -0.2) is 18.5 Å². The third kappa shape index (κ3) is 2.89. The summed E-state index contributed by atoms with van der Waals surface area (Å²) in [6, 6.07) is 1.32. The minimum absolute atomic E-state index is 0.0376. The number of nitrogens with zero attached hydrogens (tertiary/aromatic N) is 1. The third-order valence-corrected chi connectivity index (χ3v) is 1.68. The van der Waals surface area contributed by atoms with Crippen molar-refractivity contribution < 1.29 is 22.6 Å². The van der Waals surface area contributed by atoms with Gasteiger partial charge in [0.25, 0.3) is 5.88 Å². The van der Waals surface area contributed by atoms with Crippen LogP contribution in [0.2, 0.25) is 0 Å². The fourth-order valence-corrected chi connectivity index (χ4v) is 1.13. The second-order valence-electron chi connectivity index (χ2n) is 2.80. The lowest BCUT2D eigenvalue weighted by atomic mass is 10.2. The molecule has 0 bridgehead atoms. The Balaban J connectivity index is 3.20. The molecule has 0 aromatic carbocycles. The van der Waals surface area contributed by atoms with Crippen molar-refractivity contribution >= 4 is 5.82 Å². The number of ether oxygens (including phenoxy) is 2. The van der Waals surface area contributed by atoms with Crippen LogP contribution in [0.3, 0.4) is 0 Å². The molecule has 0 unspecified atom stereocenters. The first kappa shape index (κ1) is 12.4. The van der Waals surface area contributed by atoms with E-state index in [0.29, 0.717) is 0 Å². The molecule has 0 saturated heterocycles.